The normalized spacial score (nSPS) is 15.5. The summed E-state index contributed by atoms with van der Waals surface area (Å²) < 4.78 is 47.8. The molecule has 0 saturated carbocycles. The van der Waals surface area contributed by atoms with E-state index in [1.54, 1.807) is 28.9 Å². The van der Waals surface area contributed by atoms with Crippen molar-refractivity contribution < 1.29 is 27.6 Å². The number of anilines is 2. The quantitative estimate of drug-likeness (QED) is 0.415. The van der Waals surface area contributed by atoms with Crippen molar-refractivity contribution in [3.8, 4) is 11.8 Å². The molecule has 0 spiro atoms. The molecule has 3 aromatic rings. The molecule has 1 atom stereocenters. The van der Waals surface area contributed by atoms with Crippen LogP contribution in [0.25, 0.3) is 0 Å². The highest BCUT2D eigenvalue weighted by Gasteiger charge is 2.31. The zero-order chi connectivity index (χ0) is 23.6. The van der Waals surface area contributed by atoms with Crippen LogP contribution in [0.1, 0.15) is 5.56 Å². The Hall–Kier alpha value is -3.94. The lowest BCUT2D eigenvalue weighted by Crippen LogP contribution is -2.41. The summed E-state index contributed by atoms with van der Waals surface area (Å²) in [5, 5.41) is 14.1. The summed E-state index contributed by atoms with van der Waals surface area (Å²) in [4.78, 5) is 24.3. The Morgan fingerprint density at radius 3 is 2.64 bits per heavy atom. The number of nitrogens with zero attached hydrogens (tertiary/aromatic N) is 6. The second kappa shape index (κ2) is 8.90. The summed E-state index contributed by atoms with van der Waals surface area (Å²) in [5.74, 6) is -0.216. The van der Waals surface area contributed by atoms with Gasteiger partial charge in [0.2, 0.25) is 5.95 Å². The predicted molar refractivity (Wildman–Crippen MR) is 108 cm³/mol. The largest absolute Gasteiger partial charge is 0.573 e. The fourth-order valence-corrected chi connectivity index (χ4v) is 3.17. The summed E-state index contributed by atoms with van der Waals surface area (Å²) >= 11 is 0. The molecule has 3 heterocycles. The summed E-state index contributed by atoms with van der Waals surface area (Å²) in [5.41, 5.74) is 1.38. The van der Waals surface area contributed by atoms with Gasteiger partial charge in [-0.3, -0.25) is 4.57 Å². The highest BCUT2D eigenvalue weighted by atomic mass is 19.4. The molecule has 1 aliphatic rings. The van der Waals surface area contributed by atoms with Gasteiger partial charge in [-0.25, -0.2) is 9.97 Å². The maximum atomic E-state index is 12.3. The van der Waals surface area contributed by atoms with Gasteiger partial charge in [0.25, 0.3) is 0 Å². The third-order valence-electron chi connectivity index (χ3n) is 4.79. The van der Waals surface area contributed by atoms with E-state index in [0.29, 0.717) is 31.3 Å². The zero-order valence-electron chi connectivity index (χ0n) is 17.2. The van der Waals surface area contributed by atoms with Gasteiger partial charge in [-0.15, -0.1) is 13.2 Å². The van der Waals surface area contributed by atoms with Crippen molar-refractivity contribution in [1.82, 2.24) is 24.8 Å². The number of aromatic nitrogens is 4. The maximum absolute atomic E-state index is 12.3. The number of nitrogens with one attached hydrogen (secondary N) is 1. The van der Waals surface area contributed by atoms with Crippen LogP contribution in [0.3, 0.4) is 0 Å². The molecule has 2 aromatic heterocycles. The van der Waals surface area contributed by atoms with Gasteiger partial charge in [0.1, 0.15) is 18.6 Å². The fraction of sp³-hybridized carbons (Fsp3) is 0.316. The molecule has 0 saturated heterocycles. The smallest absolute Gasteiger partial charge is 0.444 e. The number of hydrogen-bond donors (Lipinski definition) is 1. The number of benzene rings is 1. The Morgan fingerprint density at radius 2 is 2.00 bits per heavy atom. The van der Waals surface area contributed by atoms with Crippen molar-refractivity contribution in [3.05, 3.63) is 58.5 Å². The van der Waals surface area contributed by atoms with E-state index in [0.717, 1.165) is 5.56 Å². The number of hydrogen-bond acceptors (Lipinski definition) is 9. The van der Waals surface area contributed by atoms with Crippen molar-refractivity contribution in [3.63, 3.8) is 0 Å². The van der Waals surface area contributed by atoms with Crippen LogP contribution < -0.4 is 19.7 Å². The molecule has 0 amide bonds. The molecular formula is C19H18F3N7O4. The lowest BCUT2D eigenvalue weighted by atomic mass is 10.2. The molecule has 4 rings (SSSR count). The molecule has 0 aliphatic carbocycles. The van der Waals surface area contributed by atoms with Gasteiger partial charge in [0.15, 0.2) is 0 Å². The standard InChI is InChI=1S/C19H18F3N7O4/c1-27(14-2-4-15(5-3-14)33-19(20,21)22)17-24-7-12(8-25-17)6-23-13-9-28-10-16(29(30)31)26-18(28)32-11-13/h2-5,7-8,10,13,23H,6,9,11H2,1H3/t13-/m0/s1. The first-order chi connectivity index (χ1) is 15.7. The highest BCUT2D eigenvalue weighted by Crippen LogP contribution is 2.27. The fourth-order valence-electron chi connectivity index (χ4n) is 3.17. The van der Waals surface area contributed by atoms with E-state index in [2.05, 4.69) is 25.0 Å². The van der Waals surface area contributed by atoms with Crippen LogP contribution >= 0.6 is 0 Å². The topological polar surface area (TPSA) is 120 Å². The van der Waals surface area contributed by atoms with Crippen molar-refractivity contribution in [2.24, 2.45) is 0 Å². The van der Waals surface area contributed by atoms with E-state index in [9.17, 15) is 23.3 Å². The first-order valence-corrected chi connectivity index (χ1v) is 9.66. The second-order valence-corrected chi connectivity index (χ2v) is 7.17. The Bertz CT molecular complexity index is 1120. The lowest BCUT2D eigenvalue weighted by molar-refractivity contribution is -0.389. The van der Waals surface area contributed by atoms with Crippen LogP contribution in [0, 0.1) is 10.1 Å². The molecule has 0 fully saturated rings. The highest BCUT2D eigenvalue weighted by molar-refractivity contribution is 5.57. The van der Waals surface area contributed by atoms with Gasteiger partial charge in [-0.2, -0.15) is 0 Å². The Morgan fingerprint density at radius 1 is 1.30 bits per heavy atom. The Balaban J connectivity index is 1.32. The van der Waals surface area contributed by atoms with E-state index in [4.69, 9.17) is 4.74 Å². The van der Waals surface area contributed by atoms with Crippen molar-refractivity contribution in [2.45, 2.75) is 25.5 Å². The monoisotopic (exact) mass is 465 g/mol. The van der Waals surface area contributed by atoms with Gasteiger partial charge < -0.3 is 29.8 Å². The zero-order valence-corrected chi connectivity index (χ0v) is 17.2. The van der Waals surface area contributed by atoms with E-state index < -0.39 is 11.3 Å². The minimum atomic E-state index is -4.75. The summed E-state index contributed by atoms with van der Waals surface area (Å²) in [6, 6.07) is 5.49. The lowest BCUT2D eigenvalue weighted by Gasteiger charge is -2.23. The van der Waals surface area contributed by atoms with Gasteiger partial charge >= 0.3 is 18.2 Å². The number of ether oxygens (including phenoxy) is 2. The summed E-state index contributed by atoms with van der Waals surface area (Å²) in [7, 11) is 1.69. The SMILES string of the molecule is CN(c1ccc(OC(F)(F)F)cc1)c1ncc(CN[C@@H]2COc3nc([N+](=O)[O-])cn3C2)cn1. The van der Waals surface area contributed by atoms with Crippen LogP contribution in [0.5, 0.6) is 11.8 Å². The molecule has 174 valence electrons. The van der Waals surface area contributed by atoms with Gasteiger partial charge in [0.05, 0.1) is 6.04 Å². The van der Waals surface area contributed by atoms with Crippen molar-refractivity contribution in [1.29, 1.82) is 0 Å². The van der Waals surface area contributed by atoms with Crippen molar-refractivity contribution >= 4 is 17.5 Å². The third kappa shape index (κ3) is 5.46. The van der Waals surface area contributed by atoms with Crippen LogP contribution in [0.2, 0.25) is 0 Å². The van der Waals surface area contributed by atoms with Crippen LogP contribution in [-0.2, 0) is 13.1 Å². The molecule has 1 N–H and O–H groups in total. The van der Waals surface area contributed by atoms with Gasteiger partial charge in [0, 0.05) is 48.8 Å². The van der Waals surface area contributed by atoms with Crippen molar-refractivity contribution in [2.75, 3.05) is 18.6 Å². The minimum Gasteiger partial charge on any atom is -0.444 e. The number of alkyl halides is 3. The number of halogens is 3. The summed E-state index contributed by atoms with van der Waals surface area (Å²) in [6.45, 7) is 1.21. The molecule has 11 nitrogen and oxygen atoms in total. The molecular weight excluding hydrogens is 447 g/mol. The minimum absolute atomic E-state index is 0.0916. The van der Waals surface area contributed by atoms with Crippen LogP contribution in [-0.4, -0.2) is 50.5 Å². The van der Waals surface area contributed by atoms with Gasteiger partial charge in [-0.1, -0.05) is 0 Å². The van der Waals surface area contributed by atoms with E-state index in [1.165, 1.54) is 30.5 Å². The van der Waals surface area contributed by atoms with Crippen LogP contribution in [0.15, 0.2) is 42.9 Å². The number of rotatable bonds is 7. The maximum Gasteiger partial charge on any atom is 0.573 e. The molecule has 33 heavy (non-hydrogen) atoms. The number of nitro groups is 1. The van der Waals surface area contributed by atoms with Gasteiger partial charge in [-0.05, 0) is 29.2 Å². The molecule has 0 bridgehead atoms. The second-order valence-electron chi connectivity index (χ2n) is 7.17. The van der Waals surface area contributed by atoms with E-state index in [1.807, 2.05) is 0 Å². The Kier molecular flexibility index (Phi) is 6.00. The Labute approximate surface area is 184 Å². The van der Waals surface area contributed by atoms with Crippen LogP contribution in [0.4, 0.5) is 30.6 Å². The first kappa shape index (κ1) is 22.3. The molecule has 14 heteroatoms. The summed E-state index contributed by atoms with van der Waals surface area (Å²) in [6.07, 6.45) is -0.157. The predicted octanol–water partition coefficient (Wildman–Crippen LogP) is 2.80. The van der Waals surface area contributed by atoms with E-state index in [-0.39, 0.29) is 23.6 Å². The third-order valence-corrected chi connectivity index (χ3v) is 4.79. The molecule has 0 unspecified atom stereocenters. The first-order valence-electron chi connectivity index (χ1n) is 9.66. The van der Waals surface area contributed by atoms with E-state index >= 15 is 0 Å². The molecule has 1 aliphatic heterocycles. The average molecular weight is 465 g/mol. The number of fused-ring (bicyclic) bond motifs is 1. The average Bonchev–Trinajstić information content (AvgIpc) is 3.21. The number of imidazole rings is 1. The molecule has 0 radical (unpaired) electrons. The molecule has 1 aromatic carbocycles.